The van der Waals surface area contributed by atoms with Gasteiger partial charge in [0.15, 0.2) is 0 Å². The molecular formula is C10H7F3N4OS. The molecule has 100 valence electrons. The van der Waals surface area contributed by atoms with Gasteiger partial charge in [0.25, 0.3) is 0 Å². The summed E-state index contributed by atoms with van der Waals surface area (Å²) in [5, 5.41) is 10.7. The van der Waals surface area contributed by atoms with Gasteiger partial charge in [-0.05, 0) is 34.3 Å². The number of aromatic nitrogens is 4. The van der Waals surface area contributed by atoms with Crippen molar-refractivity contribution < 1.29 is 18.0 Å². The first kappa shape index (κ1) is 13.5. The van der Waals surface area contributed by atoms with E-state index in [1.165, 1.54) is 23.9 Å². The number of rotatable bonds is 3. The van der Waals surface area contributed by atoms with Crippen molar-refractivity contribution in [1.82, 2.24) is 20.2 Å². The fourth-order valence-corrected chi connectivity index (χ4v) is 2.20. The third kappa shape index (κ3) is 2.92. The summed E-state index contributed by atoms with van der Waals surface area (Å²) in [4.78, 5) is 10.5. The number of tetrazole rings is 1. The van der Waals surface area contributed by atoms with E-state index >= 15 is 0 Å². The molecule has 5 nitrogen and oxygen atoms in total. The highest BCUT2D eigenvalue weighted by atomic mass is 32.2. The highest BCUT2D eigenvalue weighted by Gasteiger charge is 2.34. The Hall–Kier alpha value is -1.90. The Labute approximate surface area is 109 Å². The van der Waals surface area contributed by atoms with Crippen molar-refractivity contribution in [3.05, 3.63) is 29.3 Å². The van der Waals surface area contributed by atoms with E-state index < -0.39 is 11.7 Å². The van der Waals surface area contributed by atoms with E-state index in [4.69, 9.17) is 0 Å². The molecule has 0 aliphatic heterocycles. The molecule has 0 aliphatic carbocycles. The average Bonchev–Trinajstić information content (AvgIpc) is 2.74. The molecule has 0 amide bonds. The van der Waals surface area contributed by atoms with Crippen molar-refractivity contribution in [3.8, 4) is 0 Å². The Morgan fingerprint density at radius 3 is 2.63 bits per heavy atom. The van der Waals surface area contributed by atoms with Crippen LogP contribution in [-0.4, -0.2) is 26.5 Å². The second-order valence-corrected chi connectivity index (χ2v) is 4.57. The first-order valence-corrected chi connectivity index (χ1v) is 5.80. The molecule has 0 fully saturated rings. The van der Waals surface area contributed by atoms with Crippen molar-refractivity contribution in [1.29, 1.82) is 0 Å². The molecule has 1 heterocycles. The van der Waals surface area contributed by atoms with Gasteiger partial charge in [0.2, 0.25) is 5.16 Å². The van der Waals surface area contributed by atoms with Crippen LogP contribution in [0.15, 0.2) is 28.3 Å². The molecule has 0 spiro atoms. The molecule has 0 bridgehead atoms. The molecule has 0 saturated carbocycles. The van der Waals surface area contributed by atoms with Crippen molar-refractivity contribution in [2.75, 3.05) is 0 Å². The molecule has 2 rings (SSSR count). The van der Waals surface area contributed by atoms with Crippen LogP contribution in [0.3, 0.4) is 0 Å². The molecule has 2 aromatic rings. The number of aryl methyl sites for hydroxylation is 1. The van der Waals surface area contributed by atoms with Gasteiger partial charge in [-0.25, -0.2) is 4.68 Å². The van der Waals surface area contributed by atoms with Crippen LogP contribution >= 0.6 is 11.8 Å². The molecule has 1 aromatic heterocycles. The number of carbonyl (C=O) groups is 1. The average molecular weight is 288 g/mol. The zero-order valence-corrected chi connectivity index (χ0v) is 10.4. The maximum atomic E-state index is 12.9. The fraction of sp³-hybridized carbons (Fsp3) is 0.200. The van der Waals surface area contributed by atoms with Gasteiger partial charge in [-0.3, -0.25) is 4.79 Å². The molecule has 0 saturated heterocycles. The van der Waals surface area contributed by atoms with Gasteiger partial charge in [0.1, 0.15) is 6.29 Å². The largest absolute Gasteiger partial charge is 0.417 e. The molecule has 1 aromatic carbocycles. The third-order valence-electron chi connectivity index (χ3n) is 2.23. The maximum Gasteiger partial charge on any atom is 0.417 e. The minimum absolute atomic E-state index is 0.0345. The summed E-state index contributed by atoms with van der Waals surface area (Å²) in [6.45, 7) is 0. The second-order valence-electron chi connectivity index (χ2n) is 3.56. The molecule has 0 unspecified atom stereocenters. The molecule has 9 heteroatoms. The van der Waals surface area contributed by atoms with Gasteiger partial charge < -0.3 is 0 Å². The molecular weight excluding hydrogens is 281 g/mol. The standard InChI is InChI=1S/C10H7F3N4OS/c1-17-9(14-15-16-17)19-8-3-2-6(5-18)4-7(8)10(11,12)13/h2-5H,1H3. The van der Waals surface area contributed by atoms with Crippen LogP contribution in [-0.2, 0) is 13.2 Å². The van der Waals surface area contributed by atoms with Crippen LogP contribution in [0.4, 0.5) is 13.2 Å². The normalized spacial score (nSPS) is 11.6. The van der Waals surface area contributed by atoms with E-state index in [2.05, 4.69) is 15.5 Å². The van der Waals surface area contributed by atoms with Crippen molar-refractivity contribution >= 4 is 18.0 Å². The quantitative estimate of drug-likeness (QED) is 0.810. The Kier molecular flexibility index (Phi) is 3.56. The molecule has 19 heavy (non-hydrogen) atoms. The minimum atomic E-state index is -4.55. The first-order chi connectivity index (χ1) is 8.91. The van der Waals surface area contributed by atoms with E-state index in [-0.39, 0.29) is 15.6 Å². The lowest BCUT2D eigenvalue weighted by molar-refractivity contribution is -0.139. The lowest BCUT2D eigenvalue weighted by Gasteiger charge is -2.12. The molecule has 0 radical (unpaired) electrons. The van der Waals surface area contributed by atoms with Gasteiger partial charge in [-0.2, -0.15) is 13.2 Å². The van der Waals surface area contributed by atoms with E-state index in [0.29, 0.717) is 6.29 Å². The van der Waals surface area contributed by atoms with Gasteiger partial charge in [0, 0.05) is 17.5 Å². The highest BCUT2D eigenvalue weighted by Crippen LogP contribution is 2.39. The van der Waals surface area contributed by atoms with Crippen molar-refractivity contribution in [3.63, 3.8) is 0 Å². The van der Waals surface area contributed by atoms with E-state index in [1.807, 2.05) is 0 Å². The molecule has 0 N–H and O–H groups in total. The number of hydrogen-bond acceptors (Lipinski definition) is 5. The second kappa shape index (κ2) is 5.00. The van der Waals surface area contributed by atoms with Gasteiger partial charge in [-0.15, -0.1) is 5.10 Å². The fourth-order valence-electron chi connectivity index (χ4n) is 1.34. The Bertz CT molecular complexity index is 611. The number of carbonyl (C=O) groups excluding carboxylic acids is 1. The summed E-state index contributed by atoms with van der Waals surface area (Å²) in [6.07, 6.45) is -4.18. The molecule has 0 atom stereocenters. The summed E-state index contributed by atoms with van der Waals surface area (Å²) in [6, 6.07) is 3.35. The number of halogens is 3. The number of nitrogens with zero attached hydrogens (tertiary/aromatic N) is 4. The van der Waals surface area contributed by atoms with Gasteiger partial charge in [0.05, 0.1) is 5.56 Å². The van der Waals surface area contributed by atoms with Crippen molar-refractivity contribution in [2.45, 2.75) is 16.2 Å². The maximum absolute atomic E-state index is 12.9. The zero-order chi connectivity index (χ0) is 14.0. The zero-order valence-electron chi connectivity index (χ0n) is 9.55. The van der Waals surface area contributed by atoms with Crippen LogP contribution in [0.1, 0.15) is 15.9 Å². The predicted molar refractivity (Wildman–Crippen MR) is 59.8 cm³/mol. The summed E-state index contributed by atoms with van der Waals surface area (Å²) < 4.78 is 40.0. The van der Waals surface area contributed by atoms with Crippen LogP contribution in [0.5, 0.6) is 0 Å². The van der Waals surface area contributed by atoms with Crippen LogP contribution < -0.4 is 0 Å². The molecule has 0 aliphatic rings. The number of benzene rings is 1. The summed E-state index contributed by atoms with van der Waals surface area (Å²) in [5.41, 5.74) is -0.919. The van der Waals surface area contributed by atoms with E-state index in [9.17, 15) is 18.0 Å². The lowest BCUT2D eigenvalue weighted by Crippen LogP contribution is -2.08. The van der Waals surface area contributed by atoms with Crippen LogP contribution in [0.2, 0.25) is 0 Å². The van der Waals surface area contributed by atoms with E-state index in [0.717, 1.165) is 17.8 Å². The summed E-state index contributed by atoms with van der Waals surface area (Å²) in [7, 11) is 1.52. The predicted octanol–water partition coefficient (Wildman–Crippen LogP) is 2.19. The number of hydrogen-bond donors (Lipinski definition) is 0. The lowest BCUT2D eigenvalue weighted by atomic mass is 10.1. The summed E-state index contributed by atoms with van der Waals surface area (Å²) in [5.74, 6) is 0. The smallest absolute Gasteiger partial charge is 0.298 e. The van der Waals surface area contributed by atoms with E-state index in [1.54, 1.807) is 0 Å². The number of alkyl halides is 3. The van der Waals surface area contributed by atoms with Crippen molar-refractivity contribution in [2.24, 2.45) is 7.05 Å². The Balaban J connectivity index is 2.45. The number of aldehydes is 1. The van der Waals surface area contributed by atoms with Gasteiger partial charge in [-0.1, -0.05) is 6.07 Å². The summed E-state index contributed by atoms with van der Waals surface area (Å²) >= 11 is 0.784. The van der Waals surface area contributed by atoms with Gasteiger partial charge >= 0.3 is 6.18 Å². The Morgan fingerprint density at radius 1 is 1.37 bits per heavy atom. The van der Waals surface area contributed by atoms with Crippen LogP contribution in [0.25, 0.3) is 0 Å². The highest BCUT2D eigenvalue weighted by molar-refractivity contribution is 7.99. The Morgan fingerprint density at radius 2 is 2.11 bits per heavy atom. The topological polar surface area (TPSA) is 60.7 Å². The monoisotopic (exact) mass is 288 g/mol. The first-order valence-electron chi connectivity index (χ1n) is 4.98. The van der Waals surface area contributed by atoms with Crippen LogP contribution in [0, 0.1) is 0 Å². The SMILES string of the molecule is Cn1nnnc1Sc1ccc(C=O)cc1C(F)(F)F. The minimum Gasteiger partial charge on any atom is -0.298 e. The third-order valence-corrected chi connectivity index (χ3v) is 3.33.